The van der Waals surface area contributed by atoms with Gasteiger partial charge in [0.15, 0.2) is 5.78 Å². The highest BCUT2D eigenvalue weighted by Gasteiger charge is 2.40. The highest BCUT2D eigenvalue weighted by Crippen LogP contribution is 2.35. The summed E-state index contributed by atoms with van der Waals surface area (Å²) in [6.07, 6.45) is 3.52. The summed E-state index contributed by atoms with van der Waals surface area (Å²) in [5.74, 6) is 0.972. The summed E-state index contributed by atoms with van der Waals surface area (Å²) in [6.45, 7) is 1.75. The van der Waals surface area contributed by atoms with Crippen LogP contribution in [0.1, 0.15) is 24.2 Å². The summed E-state index contributed by atoms with van der Waals surface area (Å²) < 4.78 is 1.68. The molecule has 1 fully saturated rings. The van der Waals surface area contributed by atoms with E-state index in [4.69, 9.17) is 0 Å². The van der Waals surface area contributed by atoms with Gasteiger partial charge in [-0.05, 0) is 31.5 Å². The molecular weight excluding hydrogens is 264 g/mol. The van der Waals surface area contributed by atoms with Gasteiger partial charge in [0.05, 0.1) is 11.8 Å². The molecule has 110 valence electrons. The van der Waals surface area contributed by atoms with Crippen LogP contribution in [0.15, 0.2) is 36.7 Å². The normalized spacial score (nSPS) is 17.6. The number of aromatic nitrogens is 3. The summed E-state index contributed by atoms with van der Waals surface area (Å²) in [7, 11) is 1.83. The van der Waals surface area contributed by atoms with Gasteiger partial charge in [-0.15, -0.1) is 0 Å². The van der Waals surface area contributed by atoms with Gasteiger partial charge >= 0.3 is 0 Å². The minimum atomic E-state index is -0.390. The lowest BCUT2D eigenvalue weighted by Gasteiger charge is -2.36. The van der Waals surface area contributed by atoms with Gasteiger partial charge in [-0.1, -0.05) is 30.3 Å². The van der Waals surface area contributed by atoms with Crippen LogP contribution in [0, 0.1) is 0 Å². The molecule has 0 radical (unpaired) electrons. The largest absolute Gasteiger partial charge is 0.317 e. The molecule has 1 N–H and O–H groups in total. The van der Waals surface area contributed by atoms with Crippen molar-refractivity contribution < 1.29 is 4.79 Å². The number of benzene rings is 1. The fraction of sp³-hybridized carbons (Fsp3) is 0.438. The van der Waals surface area contributed by atoms with E-state index >= 15 is 0 Å². The summed E-state index contributed by atoms with van der Waals surface area (Å²) >= 11 is 0. The second-order valence-electron chi connectivity index (χ2n) is 5.60. The van der Waals surface area contributed by atoms with E-state index in [9.17, 15) is 4.79 Å². The first-order chi connectivity index (χ1) is 10.2. The number of nitrogens with one attached hydrogen (secondary N) is 1. The highest BCUT2D eigenvalue weighted by atomic mass is 16.1. The van der Waals surface area contributed by atoms with Crippen LogP contribution in [0.4, 0.5) is 0 Å². The van der Waals surface area contributed by atoms with Crippen molar-refractivity contribution in [3.63, 3.8) is 0 Å². The molecule has 0 atom stereocenters. The SMILES string of the molecule is Cn1ncnc1CC(=O)C1(c2ccccc2)CCNCC1. The van der Waals surface area contributed by atoms with Crippen molar-refractivity contribution in [1.29, 1.82) is 0 Å². The third-order valence-electron chi connectivity index (χ3n) is 4.44. The van der Waals surface area contributed by atoms with Gasteiger partial charge in [-0.3, -0.25) is 9.48 Å². The van der Waals surface area contributed by atoms with E-state index in [0.717, 1.165) is 37.3 Å². The molecular formula is C16H20N4O. The maximum absolute atomic E-state index is 13.0. The van der Waals surface area contributed by atoms with Crippen LogP contribution >= 0.6 is 0 Å². The van der Waals surface area contributed by atoms with Gasteiger partial charge in [0.1, 0.15) is 12.2 Å². The average molecular weight is 284 g/mol. The number of ketones is 1. The van der Waals surface area contributed by atoms with Crippen LogP contribution < -0.4 is 5.32 Å². The maximum atomic E-state index is 13.0. The fourth-order valence-corrected chi connectivity index (χ4v) is 3.13. The lowest BCUT2D eigenvalue weighted by atomic mass is 9.69. The molecule has 5 heteroatoms. The molecule has 0 spiro atoms. The average Bonchev–Trinajstić information content (AvgIpc) is 2.94. The number of Topliss-reactive ketones (excluding diaryl/α,β-unsaturated/α-hetero) is 1. The van der Waals surface area contributed by atoms with Gasteiger partial charge in [-0.2, -0.15) is 5.10 Å². The Morgan fingerprint density at radius 2 is 2.00 bits per heavy atom. The predicted octanol–water partition coefficient (Wildman–Crippen LogP) is 1.25. The van der Waals surface area contributed by atoms with Crippen molar-refractivity contribution in [2.45, 2.75) is 24.7 Å². The molecule has 0 bridgehead atoms. The zero-order valence-electron chi connectivity index (χ0n) is 12.2. The Labute approximate surface area is 124 Å². The van der Waals surface area contributed by atoms with Gasteiger partial charge in [0.25, 0.3) is 0 Å². The van der Waals surface area contributed by atoms with Crippen molar-refractivity contribution in [2.24, 2.45) is 7.05 Å². The Balaban J connectivity index is 1.92. The van der Waals surface area contributed by atoms with E-state index < -0.39 is 5.41 Å². The second-order valence-corrected chi connectivity index (χ2v) is 5.60. The van der Waals surface area contributed by atoms with E-state index in [-0.39, 0.29) is 5.78 Å². The van der Waals surface area contributed by atoms with Crippen LogP contribution in [0.5, 0.6) is 0 Å². The molecule has 0 aliphatic carbocycles. The molecule has 0 unspecified atom stereocenters. The minimum Gasteiger partial charge on any atom is -0.317 e. The zero-order valence-corrected chi connectivity index (χ0v) is 12.2. The van der Waals surface area contributed by atoms with E-state index in [1.807, 2.05) is 25.2 Å². The van der Waals surface area contributed by atoms with Crippen molar-refractivity contribution >= 4 is 5.78 Å². The number of rotatable bonds is 4. The summed E-state index contributed by atoms with van der Waals surface area (Å²) in [4.78, 5) is 17.2. The quantitative estimate of drug-likeness (QED) is 0.918. The molecule has 1 aromatic heterocycles. The van der Waals surface area contributed by atoms with Gasteiger partial charge < -0.3 is 5.32 Å². The molecule has 1 aliphatic rings. The fourth-order valence-electron chi connectivity index (χ4n) is 3.13. The molecule has 0 saturated carbocycles. The molecule has 2 heterocycles. The van der Waals surface area contributed by atoms with Gasteiger partial charge in [0.2, 0.25) is 0 Å². The molecule has 21 heavy (non-hydrogen) atoms. The zero-order chi connectivity index (χ0) is 14.7. The van der Waals surface area contributed by atoms with E-state index in [2.05, 4.69) is 27.5 Å². The lowest BCUT2D eigenvalue weighted by Crippen LogP contribution is -2.46. The first kappa shape index (κ1) is 13.9. The number of hydrogen-bond acceptors (Lipinski definition) is 4. The Kier molecular flexibility index (Phi) is 3.84. The molecule has 0 amide bonds. The van der Waals surface area contributed by atoms with Crippen molar-refractivity contribution in [3.8, 4) is 0 Å². The van der Waals surface area contributed by atoms with E-state index in [1.165, 1.54) is 6.33 Å². The minimum absolute atomic E-state index is 0.242. The number of piperidine rings is 1. The van der Waals surface area contributed by atoms with Gasteiger partial charge in [0, 0.05) is 7.05 Å². The van der Waals surface area contributed by atoms with Crippen LogP contribution in [0.2, 0.25) is 0 Å². The van der Waals surface area contributed by atoms with Crippen LogP contribution in [-0.2, 0) is 23.7 Å². The van der Waals surface area contributed by atoms with Crippen LogP contribution in [0.25, 0.3) is 0 Å². The third kappa shape index (κ3) is 2.61. The number of carbonyl (C=O) groups is 1. The standard InChI is InChI=1S/C16H20N4O/c1-20-15(18-12-19-20)11-14(21)16(7-9-17-10-8-16)13-5-3-2-4-6-13/h2-6,12,17H,7-11H2,1H3. The summed E-state index contributed by atoms with van der Waals surface area (Å²) in [5, 5.41) is 7.40. The van der Waals surface area contributed by atoms with Crippen molar-refractivity contribution in [1.82, 2.24) is 20.1 Å². The van der Waals surface area contributed by atoms with E-state index in [0.29, 0.717) is 6.42 Å². The van der Waals surface area contributed by atoms with E-state index in [1.54, 1.807) is 4.68 Å². The Morgan fingerprint density at radius 1 is 1.29 bits per heavy atom. The summed E-state index contributed by atoms with van der Waals surface area (Å²) in [5.41, 5.74) is 0.733. The third-order valence-corrected chi connectivity index (χ3v) is 4.44. The Hall–Kier alpha value is -2.01. The predicted molar refractivity (Wildman–Crippen MR) is 79.9 cm³/mol. The highest BCUT2D eigenvalue weighted by molar-refractivity contribution is 5.91. The number of carbonyl (C=O) groups excluding carboxylic acids is 1. The smallest absolute Gasteiger partial charge is 0.151 e. The molecule has 1 aliphatic heterocycles. The number of nitrogens with zero attached hydrogens (tertiary/aromatic N) is 3. The first-order valence-corrected chi connectivity index (χ1v) is 7.35. The van der Waals surface area contributed by atoms with Crippen molar-refractivity contribution in [2.75, 3.05) is 13.1 Å². The first-order valence-electron chi connectivity index (χ1n) is 7.35. The van der Waals surface area contributed by atoms with Gasteiger partial charge in [-0.25, -0.2) is 4.98 Å². The second kappa shape index (κ2) is 5.77. The lowest BCUT2D eigenvalue weighted by molar-refractivity contribution is -0.125. The monoisotopic (exact) mass is 284 g/mol. The summed E-state index contributed by atoms with van der Waals surface area (Å²) in [6, 6.07) is 10.1. The molecule has 3 rings (SSSR count). The van der Waals surface area contributed by atoms with Crippen LogP contribution in [0.3, 0.4) is 0 Å². The Morgan fingerprint density at radius 3 is 2.62 bits per heavy atom. The Bertz CT molecular complexity index is 614. The van der Waals surface area contributed by atoms with Crippen molar-refractivity contribution in [3.05, 3.63) is 48.0 Å². The number of hydrogen-bond donors (Lipinski definition) is 1. The molecule has 5 nitrogen and oxygen atoms in total. The van der Waals surface area contributed by atoms with Crippen LogP contribution in [-0.4, -0.2) is 33.6 Å². The maximum Gasteiger partial charge on any atom is 0.151 e. The molecule has 1 aromatic carbocycles. The topological polar surface area (TPSA) is 59.8 Å². The molecule has 2 aromatic rings. The number of aryl methyl sites for hydroxylation is 1. The molecule has 1 saturated heterocycles.